The molecule has 1 saturated heterocycles. The van der Waals surface area contributed by atoms with Crippen molar-refractivity contribution in [3.63, 3.8) is 0 Å². The zero-order valence-electron chi connectivity index (χ0n) is 11.3. The van der Waals surface area contributed by atoms with Crippen molar-refractivity contribution in [1.29, 1.82) is 0 Å². The highest BCUT2D eigenvalue weighted by Gasteiger charge is 2.23. The Labute approximate surface area is 118 Å². The van der Waals surface area contributed by atoms with E-state index in [0.717, 1.165) is 31.6 Å². The minimum absolute atomic E-state index is 0.183. The maximum Gasteiger partial charge on any atom is 0.228 e. The number of rotatable bonds is 3. The molecule has 1 fully saturated rings. The van der Waals surface area contributed by atoms with Gasteiger partial charge in [-0.2, -0.15) is 5.10 Å². The predicted octanol–water partition coefficient (Wildman–Crippen LogP) is 1.75. The Bertz CT molecular complexity index is 545. The summed E-state index contributed by atoms with van der Waals surface area (Å²) in [6.07, 6.45) is 7.83. The van der Waals surface area contributed by atoms with Crippen LogP contribution in [0, 0.1) is 0 Å². The molecule has 0 saturated carbocycles. The van der Waals surface area contributed by atoms with E-state index in [2.05, 4.69) is 27.3 Å². The lowest BCUT2D eigenvalue weighted by Gasteiger charge is -2.32. The van der Waals surface area contributed by atoms with Gasteiger partial charge in [0.05, 0.1) is 6.42 Å². The normalized spacial score (nSPS) is 16.3. The zero-order valence-corrected chi connectivity index (χ0v) is 11.3. The van der Waals surface area contributed by atoms with Crippen molar-refractivity contribution in [2.45, 2.75) is 25.2 Å². The number of H-pyrrole nitrogens is 1. The first kappa shape index (κ1) is 12.8. The van der Waals surface area contributed by atoms with E-state index < -0.39 is 0 Å². The molecule has 1 amide bonds. The molecule has 0 spiro atoms. The Kier molecular flexibility index (Phi) is 3.76. The fourth-order valence-electron chi connectivity index (χ4n) is 2.76. The number of likely N-dealkylation sites (tertiary alicyclic amines) is 1. The first-order chi connectivity index (χ1) is 9.83. The monoisotopic (exact) mass is 270 g/mol. The Balaban J connectivity index is 1.54. The van der Waals surface area contributed by atoms with Crippen LogP contribution >= 0.6 is 0 Å². The number of nitrogens with zero attached hydrogens (tertiary/aromatic N) is 3. The molecule has 5 heteroatoms. The molecule has 1 N–H and O–H groups in total. The van der Waals surface area contributed by atoms with Crippen LogP contribution < -0.4 is 0 Å². The van der Waals surface area contributed by atoms with Crippen LogP contribution in [0.3, 0.4) is 0 Å². The van der Waals surface area contributed by atoms with E-state index in [-0.39, 0.29) is 5.91 Å². The van der Waals surface area contributed by atoms with Gasteiger partial charge >= 0.3 is 0 Å². The molecule has 104 valence electrons. The maximum atomic E-state index is 12.2. The van der Waals surface area contributed by atoms with Crippen molar-refractivity contribution >= 4 is 5.91 Å². The quantitative estimate of drug-likeness (QED) is 0.924. The van der Waals surface area contributed by atoms with E-state index in [1.807, 2.05) is 23.4 Å². The van der Waals surface area contributed by atoms with Crippen LogP contribution in [0.15, 0.2) is 36.8 Å². The van der Waals surface area contributed by atoms with Crippen LogP contribution in [0.25, 0.3) is 0 Å². The lowest BCUT2D eigenvalue weighted by Crippen LogP contribution is -2.38. The number of pyridine rings is 1. The summed E-state index contributed by atoms with van der Waals surface area (Å²) in [5.41, 5.74) is 2.21. The molecule has 0 bridgehead atoms. The fourth-order valence-corrected chi connectivity index (χ4v) is 2.76. The zero-order chi connectivity index (χ0) is 13.8. The molecule has 0 aromatic carbocycles. The highest BCUT2D eigenvalue weighted by Crippen LogP contribution is 2.27. The average Bonchev–Trinajstić information content (AvgIpc) is 3.01. The predicted molar refractivity (Wildman–Crippen MR) is 75.1 cm³/mol. The van der Waals surface area contributed by atoms with E-state index in [4.69, 9.17) is 0 Å². The molecule has 0 atom stereocenters. The number of amides is 1. The van der Waals surface area contributed by atoms with Crippen molar-refractivity contribution in [3.05, 3.63) is 48.0 Å². The largest absolute Gasteiger partial charge is 0.342 e. The van der Waals surface area contributed by atoms with Crippen molar-refractivity contribution in [3.8, 4) is 0 Å². The second-order valence-electron chi connectivity index (χ2n) is 5.19. The van der Waals surface area contributed by atoms with Gasteiger partial charge in [0.25, 0.3) is 0 Å². The van der Waals surface area contributed by atoms with Gasteiger partial charge in [0.1, 0.15) is 0 Å². The smallest absolute Gasteiger partial charge is 0.228 e. The van der Waals surface area contributed by atoms with Crippen LogP contribution in [0.2, 0.25) is 0 Å². The van der Waals surface area contributed by atoms with E-state index in [1.165, 1.54) is 5.56 Å². The van der Waals surface area contributed by atoms with Gasteiger partial charge in [-0.05, 0) is 42.5 Å². The summed E-state index contributed by atoms with van der Waals surface area (Å²) in [5.74, 6) is 0.733. The van der Waals surface area contributed by atoms with Gasteiger partial charge in [0.15, 0.2) is 0 Å². The third-order valence-electron chi connectivity index (χ3n) is 3.93. The molecule has 0 radical (unpaired) electrons. The molecule has 0 aliphatic carbocycles. The van der Waals surface area contributed by atoms with Crippen LogP contribution in [0.1, 0.15) is 30.0 Å². The number of hydrogen-bond donors (Lipinski definition) is 1. The molecule has 1 aliphatic rings. The van der Waals surface area contributed by atoms with Gasteiger partial charge in [-0.15, -0.1) is 0 Å². The molecule has 20 heavy (non-hydrogen) atoms. The molecular weight excluding hydrogens is 252 g/mol. The molecule has 2 aromatic rings. The van der Waals surface area contributed by atoms with E-state index in [0.29, 0.717) is 12.3 Å². The third-order valence-corrected chi connectivity index (χ3v) is 3.93. The second kappa shape index (κ2) is 5.86. The maximum absolute atomic E-state index is 12.2. The van der Waals surface area contributed by atoms with Gasteiger partial charge < -0.3 is 4.90 Å². The third kappa shape index (κ3) is 2.87. The van der Waals surface area contributed by atoms with Gasteiger partial charge in [0.2, 0.25) is 5.91 Å². The summed E-state index contributed by atoms with van der Waals surface area (Å²) < 4.78 is 0. The summed E-state index contributed by atoms with van der Waals surface area (Å²) in [7, 11) is 0. The summed E-state index contributed by atoms with van der Waals surface area (Å²) in [6, 6.07) is 6.00. The molecule has 1 aliphatic heterocycles. The lowest BCUT2D eigenvalue weighted by atomic mass is 9.90. The van der Waals surface area contributed by atoms with Gasteiger partial charge in [-0.3, -0.25) is 14.9 Å². The number of aromatic amines is 1. The summed E-state index contributed by atoms with van der Waals surface area (Å²) in [5, 5.41) is 6.71. The van der Waals surface area contributed by atoms with E-state index >= 15 is 0 Å². The van der Waals surface area contributed by atoms with Crippen LogP contribution in [-0.2, 0) is 11.2 Å². The van der Waals surface area contributed by atoms with E-state index in [1.54, 1.807) is 6.20 Å². The topological polar surface area (TPSA) is 61.9 Å². The summed E-state index contributed by atoms with van der Waals surface area (Å²) in [4.78, 5) is 18.2. The van der Waals surface area contributed by atoms with Crippen molar-refractivity contribution in [1.82, 2.24) is 20.1 Å². The van der Waals surface area contributed by atoms with Gasteiger partial charge in [-0.1, -0.05) is 0 Å². The SMILES string of the molecule is O=C(Cc1ccn[nH]1)N1CCC(c2ccncc2)CC1. The molecular formula is C15H18N4O. The Hall–Kier alpha value is -2.17. The Morgan fingerprint density at radius 3 is 2.60 bits per heavy atom. The van der Waals surface area contributed by atoms with E-state index in [9.17, 15) is 4.79 Å². The number of aromatic nitrogens is 3. The Morgan fingerprint density at radius 1 is 1.20 bits per heavy atom. The first-order valence-corrected chi connectivity index (χ1v) is 6.99. The minimum atomic E-state index is 0.183. The number of nitrogens with one attached hydrogen (secondary N) is 1. The van der Waals surface area contributed by atoms with Crippen LogP contribution in [0.5, 0.6) is 0 Å². The van der Waals surface area contributed by atoms with Crippen molar-refractivity contribution < 1.29 is 4.79 Å². The molecule has 2 aromatic heterocycles. The fraction of sp³-hybridized carbons (Fsp3) is 0.400. The Morgan fingerprint density at radius 2 is 1.95 bits per heavy atom. The van der Waals surface area contributed by atoms with Gasteiger partial charge in [0, 0.05) is 37.4 Å². The second-order valence-corrected chi connectivity index (χ2v) is 5.19. The number of carbonyl (C=O) groups is 1. The van der Waals surface area contributed by atoms with Crippen molar-refractivity contribution in [2.24, 2.45) is 0 Å². The molecule has 3 heterocycles. The van der Waals surface area contributed by atoms with Crippen molar-refractivity contribution in [2.75, 3.05) is 13.1 Å². The minimum Gasteiger partial charge on any atom is -0.342 e. The first-order valence-electron chi connectivity index (χ1n) is 6.99. The number of hydrogen-bond acceptors (Lipinski definition) is 3. The number of piperidine rings is 1. The highest BCUT2D eigenvalue weighted by atomic mass is 16.2. The van der Waals surface area contributed by atoms with Crippen LogP contribution in [0.4, 0.5) is 0 Å². The molecule has 5 nitrogen and oxygen atoms in total. The lowest BCUT2D eigenvalue weighted by molar-refractivity contribution is -0.131. The van der Waals surface area contributed by atoms with Crippen LogP contribution in [-0.4, -0.2) is 39.1 Å². The molecule has 3 rings (SSSR count). The highest BCUT2D eigenvalue weighted by molar-refractivity contribution is 5.78. The number of carbonyl (C=O) groups excluding carboxylic acids is 1. The standard InChI is InChI=1S/C15H18N4O/c20-15(11-14-3-8-17-18-14)19-9-4-13(5-10-19)12-1-6-16-7-2-12/h1-3,6-8,13H,4-5,9-11H2,(H,17,18). The summed E-state index contributed by atoms with van der Waals surface area (Å²) >= 11 is 0. The average molecular weight is 270 g/mol. The van der Waals surface area contributed by atoms with Gasteiger partial charge in [-0.25, -0.2) is 0 Å². The molecule has 0 unspecified atom stereocenters. The summed E-state index contributed by atoms with van der Waals surface area (Å²) in [6.45, 7) is 1.67.